The van der Waals surface area contributed by atoms with E-state index in [4.69, 9.17) is 5.11 Å². The van der Waals surface area contributed by atoms with E-state index in [-0.39, 0.29) is 11.8 Å². The summed E-state index contributed by atoms with van der Waals surface area (Å²) in [7, 11) is 0. The monoisotopic (exact) mass is 260 g/mol. The van der Waals surface area contributed by atoms with Gasteiger partial charge in [-0.05, 0) is 45.6 Å². The largest absolute Gasteiger partial charge is 0.481 e. The highest BCUT2D eigenvalue weighted by molar-refractivity contribution is 9.10. The van der Waals surface area contributed by atoms with Gasteiger partial charge >= 0.3 is 5.97 Å². The molecule has 2 rings (SSSR count). The number of hydrogen-bond acceptors (Lipinski definition) is 2. The Hall–Kier alpha value is -0.350. The summed E-state index contributed by atoms with van der Waals surface area (Å²) >= 11 is 5.05. The van der Waals surface area contributed by atoms with Crippen LogP contribution in [0.3, 0.4) is 0 Å². The molecule has 0 saturated heterocycles. The van der Waals surface area contributed by atoms with Crippen LogP contribution in [-0.2, 0) is 4.79 Å². The molecular weight excluding hydrogens is 252 g/mol. The molecule has 1 fully saturated rings. The van der Waals surface area contributed by atoms with Gasteiger partial charge in [0.1, 0.15) is 0 Å². The molecule has 2 atom stereocenters. The van der Waals surface area contributed by atoms with Gasteiger partial charge in [-0.2, -0.15) is 11.3 Å². The Morgan fingerprint density at radius 2 is 2.31 bits per heavy atom. The van der Waals surface area contributed by atoms with Gasteiger partial charge in [0.2, 0.25) is 0 Å². The standard InChI is InChI=1S/C9H9BrO2S/c10-8-4-13-3-7(8)5-1-2-6(5)9(11)12/h3-6H,1-2H2,(H,11,12). The van der Waals surface area contributed by atoms with Crippen LogP contribution < -0.4 is 0 Å². The summed E-state index contributed by atoms with van der Waals surface area (Å²) in [6.45, 7) is 0. The van der Waals surface area contributed by atoms with Crippen LogP contribution in [0.1, 0.15) is 24.3 Å². The second-order valence-corrected chi connectivity index (χ2v) is 4.90. The Morgan fingerprint density at radius 1 is 1.54 bits per heavy atom. The van der Waals surface area contributed by atoms with Crippen molar-refractivity contribution in [3.05, 3.63) is 20.8 Å². The fourth-order valence-electron chi connectivity index (χ4n) is 1.72. The minimum Gasteiger partial charge on any atom is -0.481 e. The fraction of sp³-hybridized carbons (Fsp3) is 0.444. The summed E-state index contributed by atoms with van der Waals surface area (Å²) in [6, 6.07) is 0. The van der Waals surface area contributed by atoms with Crippen LogP contribution in [0.4, 0.5) is 0 Å². The Balaban J connectivity index is 2.19. The van der Waals surface area contributed by atoms with Gasteiger partial charge in [-0.25, -0.2) is 0 Å². The number of thiophene rings is 1. The zero-order valence-corrected chi connectivity index (χ0v) is 9.27. The molecule has 0 spiro atoms. The van der Waals surface area contributed by atoms with Gasteiger partial charge in [0.25, 0.3) is 0 Å². The molecule has 1 aromatic heterocycles. The van der Waals surface area contributed by atoms with E-state index < -0.39 is 5.97 Å². The highest BCUT2D eigenvalue weighted by Gasteiger charge is 2.38. The van der Waals surface area contributed by atoms with E-state index in [2.05, 4.69) is 15.9 Å². The molecule has 1 N–H and O–H groups in total. The van der Waals surface area contributed by atoms with Gasteiger partial charge in [0.15, 0.2) is 0 Å². The number of carboxylic acid groups (broad SMARTS) is 1. The fourth-order valence-corrected chi connectivity index (χ4v) is 3.38. The average molecular weight is 261 g/mol. The van der Waals surface area contributed by atoms with Crippen molar-refractivity contribution in [1.29, 1.82) is 0 Å². The quantitative estimate of drug-likeness (QED) is 0.888. The first kappa shape index (κ1) is 9.21. The summed E-state index contributed by atoms with van der Waals surface area (Å²) in [6.07, 6.45) is 1.83. The Labute approximate surface area is 88.7 Å². The summed E-state index contributed by atoms with van der Waals surface area (Å²) < 4.78 is 1.06. The van der Waals surface area contributed by atoms with Crippen molar-refractivity contribution in [2.45, 2.75) is 18.8 Å². The first-order chi connectivity index (χ1) is 6.20. The maximum atomic E-state index is 10.8. The molecule has 0 radical (unpaired) electrons. The third-order valence-electron chi connectivity index (χ3n) is 2.63. The summed E-state index contributed by atoms with van der Waals surface area (Å²) in [5.74, 6) is -0.585. The molecule has 2 nitrogen and oxygen atoms in total. The Morgan fingerprint density at radius 3 is 2.69 bits per heavy atom. The van der Waals surface area contributed by atoms with Crippen LogP contribution >= 0.6 is 27.3 Å². The SMILES string of the molecule is O=C(O)C1CCC1c1cscc1Br. The van der Waals surface area contributed by atoms with E-state index in [0.717, 1.165) is 17.3 Å². The highest BCUT2D eigenvalue weighted by Crippen LogP contribution is 2.45. The average Bonchev–Trinajstić information content (AvgIpc) is 2.33. The smallest absolute Gasteiger partial charge is 0.307 e. The van der Waals surface area contributed by atoms with Crippen LogP contribution in [0.25, 0.3) is 0 Å². The predicted octanol–water partition coefficient (Wildman–Crippen LogP) is 3.09. The maximum absolute atomic E-state index is 10.8. The van der Waals surface area contributed by atoms with Gasteiger partial charge in [-0.1, -0.05) is 0 Å². The van der Waals surface area contributed by atoms with Crippen molar-refractivity contribution in [2.24, 2.45) is 5.92 Å². The molecule has 0 amide bonds. The molecule has 4 heteroatoms. The third-order valence-corrected chi connectivity index (χ3v) is 4.38. The van der Waals surface area contributed by atoms with Crippen molar-refractivity contribution in [3.63, 3.8) is 0 Å². The molecule has 1 heterocycles. The molecule has 0 bridgehead atoms. The highest BCUT2D eigenvalue weighted by atomic mass is 79.9. The number of carbonyl (C=O) groups is 1. The van der Waals surface area contributed by atoms with Crippen LogP contribution in [0.2, 0.25) is 0 Å². The van der Waals surface area contributed by atoms with Crippen LogP contribution in [0, 0.1) is 5.92 Å². The lowest BCUT2D eigenvalue weighted by molar-refractivity contribution is -0.145. The normalized spacial score (nSPS) is 26.8. The lowest BCUT2D eigenvalue weighted by Gasteiger charge is -2.33. The second kappa shape index (κ2) is 3.42. The van der Waals surface area contributed by atoms with Crippen LogP contribution in [-0.4, -0.2) is 11.1 Å². The summed E-state index contributed by atoms with van der Waals surface area (Å²) in [4.78, 5) is 10.8. The van der Waals surface area contributed by atoms with Gasteiger partial charge in [0, 0.05) is 9.85 Å². The third kappa shape index (κ3) is 1.53. The minimum absolute atomic E-state index is 0.161. The van der Waals surface area contributed by atoms with E-state index in [1.807, 2.05) is 10.8 Å². The van der Waals surface area contributed by atoms with Crippen molar-refractivity contribution >= 4 is 33.2 Å². The minimum atomic E-state index is -0.658. The molecule has 1 aromatic rings. The van der Waals surface area contributed by atoms with E-state index >= 15 is 0 Å². The molecule has 0 aliphatic heterocycles. The summed E-state index contributed by atoms with van der Waals surface area (Å²) in [5, 5.41) is 12.9. The van der Waals surface area contributed by atoms with E-state index in [0.29, 0.717) is 0 Å². The maximum Gasteiger partial charge on any atom is 0.307 e. The van der Waals surface area contributed by atoms with Crippen molar-refractivity contribution in [1.82, 2.24) is 0 Å². The van der Waals surface area contributed by atoms with E-state index in [9.17, 15) is 4.79 Å². The van der Waals surface area contributed by atoms with Gasteiger partial charge < -0.3 is 5.11 Å². The van der Waals surface area contributed by atoms with E-state index in [1.54, 1.807) is 11.3 Å². The molecule has 70 valence electrons. The van der Waals surface area contributed by atoms with Gasteiger partial charge in [0.05, 0.1) is 5.92 Å². The first-order valence-electron chi connectivity index (χ1n) is 4.14. The van der Waals surface area contributed by atoms with Crippen molar-refractivity contribution in [3.8, 4) is 0 Å². The van der Waals surface area contributed by atoms with Crippen LogP contribution in [0.5, 0.6) is 0 Å². The zero-order valence-electron chi connectivity index (χ0n) is 6.87. The number of halogens is 1. The lowest BCUT2D eigenvalue weighted by Crippen LogP contribution is -2.30. The Bertz CT molecular complexity index is 334. The number of rotatable bonds is 2. The van der Waals surface area contributed by atoms with Crippen molar-refractivity contribution < 1.29 is 9.90 Å². The number of aliphatic carboxylic acids is 1. The molecule has 13 heavy (non-hydrogen) atoms. The van der Waals surface area contributed by atoms with Gasteiger partial charge in [-0.3, -0.25) is 4.79 Å². The molecule has 1 aliphatic carbocycles. The van der Waals surface area contributed by atoms with Gasteiger partial charge in [-0.15, -0.1) is 0 Å². The predicted molar refractivity (Wildman–Crippen MR) is 55.1 cm³/mol. The van der Waals surface area contributed by atoms with E-state index in [1.165, 1.54) is 5.56 Å². The molecule has 1 aliphatic rings. The summed E-state index contributed by atoms with van der Waals surface area (Å²) in [5.41, 5.74) is 1.17. The molecule has 2 unspecified atom stereocenters. The first-order valence-corrected chi connectivity index (χ1v) is 5.88. The second-order valence-electron chi connectivity index (χ2n) is 3.30. The molecule has 1 saturated carbocycles. The Kier molecular flexibility index (Phi) is 2.43. The number of hydrogen-bond donors (Lipinski definition) is 1. The number of carboxylic acids is 1. The topological polar surface area (TPSA) is 37.3 Å². The lowest BCUT2D eigenvalue weighted by atomic mass is 9.71. The van der Waals surface area contributed by atoms with Crippen molar-refractivity contribution in [2.75, 3.05) is 0 Å². The zero-order chi connectivity index (χ0) is 9.42. The van der Waals surface area contributed by atoms with Crippen LogP contribution in [0.15, 0.2) is 15.2 Å². The molecule has 0 aromatic carbocycles. The molecular formula is C9H9BrO2S.